The second kappa shape index (κ2) is 6.53. The standard InChI is InChI=1S/C10H22N2OS/c1-14(13)7-6-12-10-5-3-2-4-9(10)8-11/h9-10,12H,2-8,11H2,1H3. The normalized spacial score (nSPS) is 30.1. The van der Waals surface area contributed by atoms with Gasteiger partial charge in [0.2, 0.25) is 0 Å². The number of hydrogen-bond donors (Lipinski definition) is 2. The van der Waals surface area contributed by atoms with E-state index in [2.05, 4.69) is 5.32 Å². The van der Waals surface area contributed by atoms with E-state index in [9.17, 15) is 4.21 Å². The molecule has 0 spiro atoms. The van der Waals surface area contributed by atoms with Crippen molar-refractivity contribution in [1.29, 1.82) is 0 Å². The Hall–Kier alpha value is 0.0700. The topological polar surface area (TPSA) is 55.1 Å². The molecule has 1 saturated carbocycles. The molecule has 0 aliphatic heterocycles. The summed E-state index contributed by atoms with van der Waals surface area (Å²) in [6.45, 7) is 1.65. The summed E-state index contributed by atoms with van der Waals surface area (Å²) in [5, 5.41) is 3.48. The molecule has 0 saturated heterocycles. The van der Waals surface area contributed by atoms with Crippen LogP contribution in [0.3, 0.4) is 0 Å². The van der Waals surface area contributed by atoms with E-state index in [-0.39, 0.29) is 0 Å². The molecule has 0 amide bonds. The van der Waals surface area contributed by atoms with Crippen molar-refractivity contribution in [2.24, 2.45) is 11.7 Å². The first-order valence-corrected chi connectivity index (χ1v) is 7.20. The van der Waals surface area contributed by atoms with Gasteiger partial charge >= 0.3 is 0 Å². The first kappa shape index (κ1) is 12.1. The number of nitrogens with one attached hydrogen (secondary N) is 1. The van der Waals surface area contributed by atoms with Gasteiger partial charge in [0.05, 0.1) is 0 Å². The molecule has 1 aliphatic rings. The van der Waals surface area contributed by atoms with E-state index in [4.69, 9.17) is 5.73 Å². The summed E-state index contributed by atoms with van der Waals surface area (Å²) in [6.07, 6.45) is 6.87. The Labute approximate surface area is 89.3 Å². The molecule has 0 radical (unpaired) electrons. The van der Waals surface area contributed by atoms with E-state index in [1.807, 2.05) is 0 Å². The van der Waals surface area contributed by atoms with Crippen LogP contribution in [0.2, 0.25) is 0 Å². The van der Waals surface area contributed by atoms with Crippen LogP contribution in [0, 0.1) is 5.92 Å². The third-order valence-corrected chi connectivity index (χ3v) is 3.79. The summed E-state index contributed by atoms with van der Waals surface area (Å²) in [6, 6.07) is 0.567. The minimum atomic E-state index is -0.677. The van der Waals surface area contributed by atoms with Crippen molar-refractivity contribution in [2.45, 2.75) is 31.7 Å². The van der Waals surface area contributed by atoms with Crippen molar-refractivity contribution in [1.82, 2.24) is 5.32 Å². The van der Waals surface area contributed by atoms with Gasteiger partial charge in [-0.15, -0.1) is 0 Å². The lowest BCUT2D eigenvalue weighted by Gasteiger charge is -2.31. The van der Waals surface area contributed by atoms with Crippen LogP contribution in [0.4, 0.5) is 0 Å². The van der Waals surface area contributed by atoms with Gasteiger partial charge in [-0.2, -0.15) is 0 Å². The predicted molar refractivity (Wildman–Crippen MR) is 61.7 cm³/mol. The van der Waals surface area contributed by atoms with Crippen LogP contribution < -0.4 is 11.1 Å². The zero-order chi connectivity index (χ0) is 10.4. The van der Waals surface area contributed by atoms with E-state index in [0.29, 0.717) is 12.0 Å². The maximum absolute atomic E-state index is 10.9. The highest BCUT2D eigenvalue weighted by molar-refractivity contribution is 7.84. The van der Waals surface area contributed by atoms with E-state index in [0.717, 1.165) is 18.8 Å². The zero-order valence-electron chi connectivity index (χ0n) is 9.00. The monoisotopic (exact) mass is 218 g/mol. The molecule has 4 heteroatoms. The van der Waals surface area contributed by atoms with Crippen molar-refractivity contribution in [3.8, 4) is 0 Å². The van der Waals surface area contributed by atoms with Crippen LogP contribution in [-0.2, 0) is 10.8 Å². The van der Waals surface area contributed by atoms with Gasteiger partial charge in [0, 0.05) is 35.4 Å². The first-order chi connectivity index (χ1) is 6.74. The molecule has 84 valence electrons. The van der Waals surface area contributed by atoms with Crippen molar-refractivity contribution in [3.05, 3.63) is 0 Å². The van der Waals surface area contributed by atoms with Gasteiger partial charge in [-0.05, 0) is 25.3 Å². The molecular formula is C10H22N2OS. The fourth-order valence-electron chi connectivity index (χ4n) is 2.15. The largest absolute Gasteiger partial charge is 0.330 e. The van der Waals surface area contributed by atoms with Crippen LogP contribution in [-0.4, -0.2) is 35.3 Å². The Balaban J connectivity index is 2.22. The Morgan fingerprint density at radius 3 is 2.79 bits per heavy atom. The van der Waals surface area contributed by atoms with Crippen molar-refractivity contribution in [3.63, 3.8) is 0 Å². The van der Waals surface area contributed by atoms with Crippen LogP contribution in [0.1, 0.15) is 25.7 Å². The van der Waals surface area contributed by atoms with Crippen LogP contribution >= 0.6 is 0 Å². The highest BCUT2D eigenvalue weighted by Gasteiger charge is 2.22. The first-order valence-electron chi connectivity index (χ1n) is 5.47. The second-order valence-corrected chi connectivity index (χ2v) is 5.67. The highest BCUT2D eigenvalue weighted by atomic mass is 32.2. The average molecular weight is 218 g/mol. The third kappa shape index (κ3) is 4.07. The summed E-state index contributed by atoms with van der Waals surface area (Å²) in [5.74, 6) is 1.39. The van der Waals surface area contributed by atoms with Gasteiger partial charge in [0.15, 0.2) is 0 Å². The van der Waals surface area contributed by atoms with Crippen LogP contribution in [0.15, 0.2) is 0 Å². The fraction of sp³-hybridized carbons (Fsp3) is 1.00. The minimum absolute atomic E-state index is 0.567. The van der Waals surface area contributed by atoms with Gasteiger partial charge in [0.1, 0.15) is 0 Å². The molecule has 14 heavy (non-hydrogen) atoms. The highest BCUT2D eigenvalue weighted by Crippen LogP contribution is 2.23. The second-order valence-electron chi connectivity index (χ2n) is 4.12. The molecule has 1 aliphatic carbocycles. The summed E-state index contributed by atoms with van der Waals surface area (Å²) >= 11 is 0. The quantitative estimate of drug-likeness (QED) is 0.705. The molecule has 1 fully saturated rings. The summed E-state index contributed by atoms with van der Waals surface area (Å²) in [4.78, 5) is 0. The lowest BCUT2D eigenvalue weighted by Crippen LogP contribution is -2.43. The van der Waals surface area contributed by atoms with E-state index >= 15 is 0 Å². The molecule has 3 atom stereocenters. The molecule has 0 aromatic carbocycles. The van der Waals surface area contributed by atoms with Crippen molar-refractivity contribution >= 4 is 10.8 Å². The van der Waals surface area contributed by atoms with Gasteiger partial charge < -0.3 is 11.1 Å². The molecule has 3 N–H and O–H groups in total. The summed E-state index contributed by atoms with van der Waals surface area (Å²) < 4.78 is 10.9. The SMILES string of the molecule is CS(=O)CCNC1CCCCC1CN. The third-order valence-electron chi connectivity index (χ3n) is 3.01. The molecule has 3 unspecified atom stereocenters. The Bertz CT molecular complexity index is 187. The molecule has 1 rings (SSSR count). The summed E-state index contributed by atoms with van der Waals surface area (Å²) in [7, 11) is -0.677. The summed E-state index contributed by atoms with van der Waals surface area (Å²) in [5.41, 5.74) is 5.73. The van der Waals surface area contributed by atoms with E-state index in [1.54, 1.807) is 6.26 Å². The number of nitrogens with two attached hydrogens (primary N) is 1. The number of hydrogen-bond acceptors (Lipinski definition) is 3. The van der Waals surface area contributed by atoms with Crippen molar-refractivity contribution in [2.75, 3.05) is 25.1 Å². The van der Waals surface area contributed by atoms with Gasteiger partial charge in [0.25, 0.3) is 0 Å². The molecular weight excluding hydrogens is 196 g/mol. The Kier molecular flexibility index (Phi) is 5.67. The van der Waals surface area contributed by atoms with Crippen molar-refractivity contribution < 1.29 is 4.21 Å². The number of rotatable bonds is 5. The smallest absolute Gasteiger partial charge is 0.0357 e. The lowest BCUT2D eigenvalue weighted by molar-refractivity contribution is 0.272. The fourth-order valence-corrected chi connectivity index (χ4v) is 2.55. The van der Waals surface area contributed by atoms with E-state index in [1.165, 1.54) is 25.7 Å². The van der Waals surface area contributed by atoms with Gasteiger partial charge in [-0.1, -0.05) is 12.8 Å². The Morgan fingerprint density at radius 1 is 1.43 bits per heavy atom. The molecule has 3 nitrogen and oxygen atoms in total. The lowest BCUT2D eigenvalue weighted by atomic mass is 9.84. The van der Waals surface area contributed by atoms with Gasteiger partial charge in [-0.3, -0.25) is 4.21 Å². The maximum Gasteiger partial charge on any atom is 0.0357 e. The Morgan fingerprint density at radius 2 is 2.14 bits per heavy atom. The molecule has 0 heterocycles. The van der Waals surface area contributed by atoms with E-state index < -0.39 is 10.8 Å². The molecule has 0 bridgehead atoms. The van der Waals surface area contributed by atoms with Crippen LogP contribution in [0.25, 0.3) is 0 Å². The minimum Gasteiger partial charge on any atom is -0.330 e. The van der Waals surface area contributed by atoms with Gasteiger partial charge in [-0.25, -0.2) is 0 Å². The maximum atomic E-state index is 10.9. The average Bonchev–Trinajstić information content (AvgIpc) is 2.18. The predicted octanol–water partition coefficient (Wildman–Crippen LogP) is 0.472. The molecule has 0 aromatic heterocycles. The zero-order valence-corrected chi connectivity index (χ0v) is 9.81. The van der Waals surface area contributed by atoms with Crippen LogP contribution in [0.5, 0.6) is 0 Å². The molecule has 0 aromatic rings.